The van der Waals surface area contributed by atoms with E-state index in [1.807, 2.05) is 38.1 Å². The smallest absolute Gasteiger partial charge is 0.224 e. The zero-order valence-corrected chi connectivity index (χ0v) is 11.3. The van der Waals surface area contributed by atoms with Gasteiger partial charge in [-0.05, 0) is 38.0 Å². The SMILES string of the molecule is COc1ccc(CC(CN)C(=O)NC(C)C)cc1. The summed E-state index contributed by atoms with van der Waals surface area (Å²) in [5, 5.41) is 2.89. The molecule has 0 spiro atoms. The summed E-state index contributed by atoms with van der Waals surface area (Å²) in [5.74, 6) is 0.652. The number of ether oxygens (including phenoxy) is 1. The fourth-order valence-corrected chi connectivity index (χ4v) is 1.73. The molecule has 0 aliphatic heterocycles. The Morgan fingerprint density at radius 3 is 2.39 bits per heavy atom. The van der Waals surface area contributed by atoms with Crippen LogP contribution in [-0.2, 0) is 11.2 Å². The summed E-state index contributed by atoms with van der Waals surface area (Å²) in [6.45, 7) is 4.24. The minimum atomic E-state index is -0.180. The van der Waals surface area contributed by atoms with Crippen LogP contribution in [0.25, 0.3) is 0 Å². The summed E-state index contributed by atoms with van der Waals surface area (Å²) < 4.78 is 5.10. The number of carbonyl (C=O) groups excluding carboxylic acids is 1. The third-order valence-corrected chi connectivity index (χ3v) is 2.73. The Morgan fingerprint density at radius 1 is 1.33 bits per heavy atom. The van der Waals surface area contributed by atoms with E-state index in [0.717, 1.165) is 11.3 Å². The lowest BCUT2D eigenvalue weighted by molar-refractivity contribution is -0.125. The van der Waals surface area contributed by atoms with Crippen molar-refractivity contribution in [1.29, 1.82) is 0 Å². The summed E-state index contributed by atoms with van der Waals surface area (Å²) in [6, 6.07) is 7.85. The van der Waals surface area contributed by atoms with Crippen LogP contribution in [0.2, 0.25) is 0 Å². The minimum absolute atomic E-state index is 0.0170. The summed E-state index contributed by atoms with van der Waals surface area (Å²) in [7, 11) is 1.63. The first kappa shape index (κ1) is 14.5. The maximum atomic E-state index is 11.9. The van der Waals surface area contributed by atoms with E-state index in [-0.39, 0.29) is 17.9 Å². The molecule has 0 radical (unpaired) electrons. The van der Waals surface area contributed by atoms with Gasteiger partial charge in [-0.15, -0.1) is 0 Å². The van der Waals surface area contributed by atoms with E-state index >= 15 is 0 Å². The molecule has 100 valence electrons. The monoisotopic (exact) mass is 250 g/mol. The van der Waals surface area contributed by atoms with Crippen molar-refractivity contribution in [3.63, 3.8) is 0 Å². The summed E-state index contributed by atoms with van der Waals surface area (Å²) in [5.41, 5.74) is 6.76. The number of hydrogen-bond acceptors (Lipinski definition) is 3. The normalized spacial score (nSPS) is 12.3. The van der Waals surface area contributed by atoms with Gasteiger partial charge >= 0.3 is 0 Å². The van der Waals surface area contributed by atoms with Crippen molar-refractivity contribution in [3.05, 3.63) is 29.8 Å². The van der Waals surface area contributed by atoms with E-state index in [4.69, 9.17) is 10.5 Å². The number of carbonyl (C=O) groups is 1. The highest BCUT2D eigenvalue weighted by molar-refractivity contribution is 5.79. The molecule has 1 rings (SSSR count). The van der Waals surface area contributed by atoms with Gasteiger partial charge in [0.2, 0.25) is 5.91 Å². The Balaban J connectivity index is 2.64. The van der Waals surface area contributed by atoms with Crippen LogP contribution in [0.3, 0.4) is 0 Å². The average Bonchev–Trinajstić information content (AvgIpc) is 2.35. The molecule has 0 heterocycles. The molecule has 1 atom stereocenters. The first-order valence-corrected chi connectivity index (χ1v) is 6.20. The molecule has 0 saturated carbocycles. The molecule has 4 nitrogen and oxygen atoms in total. The van der Waals surface area contributed by atoms with Gasteiger partial charge < -0.3 is 15.8 Å². The first-order valence-electron chi connectivity index (χ1n) is 6.20. The first-order chi connectivity index (χ1) is 8.56. The molecule has 0 aliphatic carbocycles. The predicted molar refractivity (Wildman–Crippen MR) is 72.5 cm³/mol. The Bertz CT molecular complexity index is 374. The molecule has 0 saturated heterocycles. The second kappa shape index (κ2) is 7.01. The van der Waals surface area contributed by atoms with E-state index in [0.29, 0.717) is 13.0 Å². The molecule has 0 aromatic heterocycles. The molecule has 1 aromatic carbocycles. The minimum Gasteiger partial charge on any atom is -0.497 e. The standard InChI is InChI=1S/C14H22N2O2/c1-10(2)16-14(17)12(9-15)8-11-4-6-13(18-3)7-5-11/h4-7,10,12H,8-9,15H2,1-3H3,(H,16,17). The fourth-order valence-electron chi connectivity index (χ4n) is 1.73. The number of amides is 1. The van der Waals surface area contributed by atoms with Gasteiger partial charge in [-0.25, -0.2) is 0 Å². The van der Waals surface area contributed by atoms with E-state index in [1.165, 1.54) is 0 Å². The molecule has 0 aliphatic rings. The topological polar surface area (TPSA) is 64.3 Å². The Morgan fingerprint density at radius 2 is 1.94 bits per heavy atom. The van der Waals surface area contributed by atoms with Gasteiger partial charge in [0.15, 0.2) is 0 Å². The average molecular weight is 250 g/mol. The van der Waals surface area contributed by atoms with Crippen molar-refractivity contribution in [2.45, 2.75) is 26.3 Å². The molecular weight excluding hydrogens is 228 g/mol. The highest BCUT2D eigenvalue weighted by Crippen LogP contribution is 2.14. The van der Waals surface area contributed by atoms with Crippen LogP contribution in [0.4, 0.5) is 0 Å². The predicted octanol–water partition coefficient (Wildman–Crippen LogP) is 1.34. The van der Waals surface area contributed by atoms with Gasteiger partial charge in [0.05, 0.1) is 13.0 Å². The number of nitrogens with one attached hydrogen (secondary N) is 1. The molecule has 1 unspecified atom stereocenters. The number of methoxy groups -OCH3 is 1. The van der Waals surface area contributed by atoms with Crippen molar-refractivity contribution in [2.24, 2.45) is 11.7 Å². The fraction of sp³-hybridized carbons (Fsp3) is 0.500. The molecule has 3 N–H and O–H groups in total. The summed E-state index contributed by atoms with van der Waals surface area (Å²) >= 11 is 0. The quantitative estimate of drug-likeness (QED) is 0.800. The van der Waals surface area contributed by atoms with E-state index < -0.39 is 0 Å². The van der Waals surface area contributed by atoms with Crippen molar-refractivity contribution >= 4 is 5.91 Å². The maximum Gasteiger partial charge on any atom is 0.224 e. The van der Waals surface area contributed by atoms with Gasteiger partial charge in [-0.3, -0.25) is 4.79 Å². The Labute approximate surface area is 109 Å². The Kier molecular flexibility index (Phi) is 5.65. The lowest BCUT2D eigenvalue weighted by Gasteiger charge is -2.17. The van der Waals surface area contributed by atoms with Crippen LogP contribution >= 0.6 is 0 Å². The lowest BCUT2D eigenvalue weighted by atomic mass is 9.98. The van der Waals surface area contributed by atoms with Gasteiger partial charge in [0.1, 0.15) is 5.75 Å². The second-order valence-corrected chi connectivity index (χ2v) is 4.65. The van der Waals surface area contributed by atoms with Crippen LogP contribution in [0.1, 0.15) is 19.4 Å². The summed E-state index contributed by atoms with van der Waals surface area (Å²) in [6.07, 6.45) is 0.652. The second-order valence-electron chi connectivity index (χ2n) is 4.65. The molecule has 18 heavy (non-hydrogen) atoms. The van der Waals surface area contributed by atoms with Crippen LogP contribution in [-0.4, -0.2) is 25.6 Å². The molecular formula is C14H22N2O2. The van der Waals surface area contributed by atoms with Gasteiger partial charge in [0, 0.05) is 12.6 Å². The Hall–Kier alpha value is -1.55. The zero-order valence-electron chi connectivity index (χ0n) is 11.3. The lowest BCUT2D eigenvalue weighted by Crippen LogP contribution is -2.39. The number of nitrogens with two attached hydrogens (primary N) is 1. The maximum absolute atomic E-state index is 11.9. The van der Waals surface area contributed by atoms with Gasteiger partial charge in [-0.1, -0.05) is 12.1 Å². The zero-order chi connectivity index (χ0) is 13.5. The highest BCUT2D eigenvalue weighted by atomic mass is 16.5. The summed E-state index contributed by atoms with van der Waals surface area (Å²) in [4.78, 5) is 11.9. The van der Waals surface area contributed by atoms with Gasteiger partial charge in [-0.2, -0.15) is 0 Å². The largest absolute Gasteiger partial charge is 0.497 e. The van der Waals surface area contributed by atoms with E-state index in [2.05, 4.69) is 5.32 Å². The third kappa shape index (κ3) is 4.37. The van der Waals surface area contributed by atoms with Crippen molar-refractivity contribution < 1.29 is 9.53 Å². The molecule has 0 fully saturated rings. The highest BCUT2D eigenvalue weighted by Gasteiger charge is 2.17. The van der Waals surface area contributed by atoms with E-state index in [9.17, 15) is 4.79 Å². The number of benzene rings is 1. The molecule has 1 aromatic rings. The van der Waals surface area contributed by atoms with Crippen LogP contribution in [0, 0.1) is 5.92 Å². The van der Waals surface area contributed by atoms with Crippen LogP contribution in [0.5, 0.6) is 5.75 Å². The number of hydrogen-bond donors (Lipinski definition) is 2. The third-order valence-electron chi connectivity index (χ3n) is 2.73. The van der Waals surface area contributed by atoms with Crippen molar-refractivity contribution in [1.82, 2.24) is 5.32 Å². The molecule has 4 heteroatoms. The molecule has 0 bridgehead atoms. The van der Waals surface area contributed by atoms with Crippen molar-refractivity contribution in [2.75, 3.05) is 13.7 Å². The van der Waals surface area contributed by atoms with Gasteiger partial charge in [0.25, 0.3) is 0 Å². The number of rotatable bonds is 6. The van der Waals surface area contributed by atoms with Crippen LogP contribution < -0.4 is 15.8 Å². The van der Waals surface area contributed by atoms with Crippen LogP contribution in [0.15, 0.2) is 24.3 Å². The van der Waals surface area contributed by atoms with E-state index in [1.54, 1.807) is 7.11 Å². The van der Waals surface area contributed by atoms with Crippen molar-refractivity contribution in [3.8, 4) is 5.75 Å². The molecule has 1 amide bonds.